The van der Waals surface area contributed by atoms with Gasteiger partial charge in [-0.1, -0.05) is 0 Å². The van der Waals surface area contributed by atoms with Crippen LogP contribution in [0, 0.1) is 0 Å². The number of amides is 1. The number of carbonyl (C=O) groups excluding carboxylic acids is 1. The molecule has 1 atom stereocenters. The van der Waals surface area contributed by atoms with E-state index in [-0.39, 0.29) is 17.6 Å². The van der Waals surface area contributed by atoms with Crippen molar-refractivity contribution >= 4 is 5.91 Å². The summed E-state index contributed by atoms with van der Waals surface area (Å²) in [4.78, 5) is 13.7. The molecule has 15 heavy (non-hydrogen) atoms. The van der Waals surface area contributed by atoms with Crippen molar-refractivity contribution in [1.82, 2.24) is 10.2 Å². The molecule has 2 fully saturated rings. The molecule has 2 rings (SSSR count). The maximum absolute atomic E-state index is 11.9. The molecule has 86 valence electrons. The van der Waals surface area contributed by atoms with Crippen molar-refractivity contribution in [3.63, 3.8) is 0 Å². The van der Waals surface area contributed by atoms with Crippen LogP contribution in [0.4, 0.5) is 0 Å². The molecule has 1 unspecified atom stereocenters. The van der Waals surface area contributed by atoms with Gasteiger partial charge in [0.05, 0.1) is 31.5 Å². The number of rotatable bonds is 5. The standard InChI is InChI=1S/C10H18N2O3/c1-14-6-8(15-2)5-12-7-11-10(3-4-10)9(12)13/h8,11H,3-7H2,1-2H3. The van der Waals surface area contributed by atoms with Gasteiger partial charge in [0.25, 0.3) is 0 Å². The number of methoxy groups -OCH3 is 2. The fourth-order valence-electron chi connectivity index (χ4n) is 1.99. The van der Waals surface area contributed by atoms with Crippen LogP contribution in [0.2, 0.25) is 0 Å². The first-order valence-electron chi connectivity index (χ1n) is 5.28. The summed E-state index contributed by atoms with van der Waals surface area (Å²) >= 11 is 0. The Kier molecular flexibility index (Phi) is 2.95. The number of nitrogens with one attached hydrogen (secondary N) is 1. The monoisotopic (exact) mass is 214 g/mol. The first kappa shape index (κ1) is 10.9. The molecule has 1 aliphatic carbocycles. The summed E-state index contributed by atoms with van der Waals surface area (Å²) in [5.41, 5.74) is -0.203. The molecule has 1 spiro atoms. The zero-order chi connectivity index (χ0) is 10.9. The molecule has 1 saturated carbocycles. The normalized spacial score (nSPS) is 24.9. The van der Waals surface area contributed by atoms with Gasteiger partial charge in [-0.15, -0.1) is 0 Å². The Morgan fingerprint density at radius 2 is 2.27 bits per heavy atom. The van der Waals surface area contributed by atoms with Crippen molar-refractivity contribution in [2.24, 2.45) is 0 Å². The first-order valence-corrected chi connectivity index (χ1v) is 5.28. The quantitative estimate of drug-likeness (QED) is 0.674. The summed E-state index contributed by atoms with van der Waals surface area (Å²) < 4.78 is 10.3. The molecule has 0 aromatic rings. The molecule has 1 amide bonds. The Bertz CT molecular complexity index is 253. The van der Waals surface area contributed by atoms with Crippen LogP contribution >= 0.6 is 0 Å². The van der Waals surface area contributed by atoms with E-state index in [4.69, 9.17) is 9.47 Å². The van der Waals surface area contributed by atoms with Crippen molar-refractivity contribution < 1.29 is 14.3 Å². The Labute approximate surface area is 89.7 Å². The van der Waals surface area contributed by atoms with Crippen LogP contribution in [-0.2, 0) is 14.3 Å². The zero-order valence-electron chi connectivity index (χ0n) is 9.28. The number of hydrogen-bond donors (Lipinski definition) is 1. The number of nitrogens with zero attached hydrogens (tertiary/aromatic N) is 1. The van der Waals surface area contributed by atoms with Crippen LogP contribution in [0.15, 0.2) is 0 Å². The number of carbonyl (C=O) groups is 1. The fraction of sp³-hybridized carbons (Fsp3) is 0.900. The van der Waals surface area contributed by atoms with Gasteiger partial charge in [0.2, 0.25) is 5.91 Å². The molecule has 2 aliphatic rings. The van der Waals surface area contributed by atoms with E-state index < -0.39 is 0 Å². The second-order valence-corrected chi connectivity index (χ2v) is 4.26. The van der Waals surface area contributed by atoms with Crippen LogP contribution < -0.4 is 5.32 Å². The third-order valence-corrected chi connectivity index (χ3v) is 3.16. The lowest BCUT2D eigenvalue weighted by Gasteiger charge is -2.21. The predicted molar refractivity (Wildman–Crippen MR) is 54.4 cm³/mol. The lowest BCUT2D eigenvalue weighted by atomic mass is 10.2. The maximum Gasteiger partial charge on any atom is 0.244 e. The predicted octanol–water partition coefficient (Wildman–Crippen LogP) is -0.430. The van der Waals surface area contributed by atoms with E-state index in [1.165, 1.54) is 0 Å². The van der Waals surface area contributed by atoms with Crippen LogP contribution in [0.1, 0.15) is 12.8 Å². The summed E-state index contributed by atoms with van der Waals surface area (Å²) in [6.07, 6.45) is 1.92. The highest BCUT2D eigenvalue weighted by Gasteiger charge is 2.55. The van der Waals surface area contributed by atoms with Crippen LogP contribution in [0.5, 0.6) is 0 Å². The molecule has 1 saturated heterocycles. The van der Waals surface area contributed by atoms with Crippen molar-refractivity contribution in [2.45, 2.75) is 24.5 Å². The third kappa shape index (κ3) is 2.00. The molecule has 5 heteroatoms. The molecule has 0 radical (unpaired) electrons. The molecule has 1 heterocycles. The maximum atomic E-state index is 11.9. The van der Waals surface area contributed by atoms with Gasteiger partial charge >= 0.3 is 0 Å². The fourth-order valence-corrected chi connectivity index (χ4v) is 1.99. The largest absolute Gasteiger partial charge is 0.382 e. The third-order valence-electron chi connectivity index (χ3n) is 3.16. The van der Waals surface area contributed by atoms with Gasteiger partial charge < -0.3 is 14.4 Å². The smallest absolute Gasteiger partial charge is 0.244 e. The summed E-state index contributed by atoms with van der Waals surface area (Å²) in [6, 6.07) is 0. The first-order chi connectivity index (χ1) is 7.22. The van der Waals surface area contributed by atoms with E-state index >= 15 is 0 Å². The topological polar surface area (TPSA) is 50.8 Å². The van der Waals surface area contributed by atoms with Gasteiger partial charge in [-0.05, 0) is 12.8 Å². The molecule has 0 aromatic carbocycles. The number of ether oxygens (including phenoxy) is 2. The van der Waals surface area contributed by atoms with Gasteiger partial charge in [-0.25, -0.2) is 0 Å². The molecule has 1 aliphatic heterocycles. The second kappa shape index (κ2) is 4.08. The van der Waals surface area contributed by atoms with E-state index in [0.717, 1.165) is 12.8 Å². The molecular formula is C10H18N2O3. The molecular weight excluding hydrogens is 196 g/mol. The molecule has 0 aromatic heterocycles. The molecule has 5 nitrogen and oxygen atoms in total. The SMILES string of the molecule is COCC(CN1CNC2(CC2)C1=O)OC. The van der Waals surface area contributed by atoms with Crippen molar-refractivity contribution in [3.8, 4) is 0 Å². The second-order valence-electron chi connectivity index (χ2n) is 4.26. The van der Waals surface area contributed by atoms with Crippen molar-refractivity contribution in [1.29, 1.82) is 0 Å². The Morgan fingerprint density at radius 3 is 2.73 bits per heavy atom. The van der Waals surface area contributed by atoms with Crippen LogP contribution in [0.3, 0.4) is 0 Å². The Morgan fingerprint density at radius 1 is 1.53 bits per heavy atom. The summed E-state index contributed by atoms with van der Waals surface area (Å²) in [6.45, 7) is 1.77. The molecule has 1 N–H and O–H groups in total. The Balaban J connectivity index is 1.86. The lowest BCUT2D eigenvalue weighted by molar-refractivity contribution is -0.131. The highest BCUT2D eigenvalue weighted by atomic mass is 16.5. The van der Waals surface area contributed by atoms with Gasteiger partial charge in [-0.2, -0.15) is 0 Å². The lowest BCUT2D eigenvalue weighted by Crippen LogP contribution is -2.39. The van der Waals surface area contributed by atoms with Gasteiger partial charge in [0.15, 0.2) is 0 Å². The summed E-state index contributed by atoms with van der Waals surface area (Å²) in [5.74, 6) is 0.223. The van der Waals surface area contributed by atoms with Crippen molar-refractivity contribution in [2.75, 3.05) is 34.0 Å². The molecule has 0 bridgehead atoms. The van der Waals surface area contributed by atoms with Crippen LogP contribution in [0.25, 0.3) is 0 Å². The van der Waals surface area contributed by atoms with Gasteiger partial charge in [-0.3, -0.25) is 10.1 Å². The minimum absolute atomic E-state index is 0.0327. The Hall–Kier alpha value is -0.650. The van der Waals surface area contributed by atoms with Crippen molar-refractivity contribution in [3.05, 3.63) is 0 Å². The van der Waals surface area contributed by atoms with E-state index in [2.05, 4.69) is 5.32 Å². The zero-order valence-corrected chi connectivity index (χ0v) is 9.28. The minimum atomic E-state index is -0.203. The van der Waals surface area contributed by atoms with E-state index in [9.17, 15) is 4.79 Å². The van der Waals surface area contributed by atoms with Crippen LogP contribution in [-0.4, -0.2) is 56.5 Å². The summed E-state index contributed by atoms with van der Waals surface area (Å²) in [7, 11) is 3.28. The van der Waals surface area contributed by atoms with Gasteiger partial charge in [0.1, 0.15) is 0 Å². The average Bonchev–Trinajstić information content (AvgIpc) is 2.96. The van der Waals surface area contributed by atoms with Gasteiger partial charge in [0, 0.05) is 14.2 Å². The number of hydrogen-bond acceptors (Lipinski definition) is 4. The highest BCUT2D eigenvalue weighted by Crippen LogP contribution is 2.40. The van der Waals surface area contributed by atoms with E-state index in [1.54, 1.807) is 14.2 Å². The summed E-state index contributed by atoms with van der Waals surface area (Å²) in [5, 5.41) is 3.26. The van der Waals surface area contributed by atoms with E-state index in [0.29, 0.717) is 19.8 Å². The minimum Gasteiger partial charge on any atom is -0.382 e. The van der Waals surface area contributed by atoms with E-state index in [1.807, 2.05) is 4.90 Å². The average molecular weight is 214 g/mol. The highest BCUT2D eigenvalue weighted by molar-refractivity contribution is 5.91.